The standard InChI is InChI=1S/C24H21ClN2O2/c1-2-28-19-13-9-17(10-14-19)24-27-22(20-5-3-4-6-23(20)29-24)15-21(26-27)16-7-11-18(25)12-8-16/h3-14,22,24H,2,15H2,1H3/t22-,24-/m1/s1. The summed E-state index contributed by atoms with van der Waals surface area (Å²) in [4.78, 5) is 0. The number of hydrazone groups is 1. The number of nitrogens with zero attached hydrogens (tertiary/aromatic N) is 2. The van der Waals surface area contributed by atoms with E-state index in [2.05, 4.69) is 29.3 Å². The topological polar surface area (TPSA) is 34.1 Å². The van der Waals surface area contributed by atoms with Crippen molar-refractivity contribution in [1.82, 2.24) is 5.01 Å². The van der Waals surface area contributed by atoms with Crippen LogP contribution >= 0.6 is 11.6 Å². The van der Waals surface area contributed by atoms with Gasteiger partial charge in [-0.05, 0) is 55.0 Å². The van der Waals surface area contributed by atoms with Crippen molar-refractivity contribution in [2.45, 2.75) is 25.6 Å². The molecule has 0 radical (unpaired) electrons. The Bertz CT molecular complexity index is 1050. The highest BCUT2D eigenvalue weighted by atomic mass is 35.5. The summed E-state index contributed by atoms with van der Waals surface area (Å²) in [6, 6.07) is 24.3. The quantitative estimate of drug-likeness (QED) is 0.536. The van der Waals surface area contributed by atoms with E-state index in [0.717, 1.165) is 39.8 Å². The molecule has 4 nitrogen and oxygen atoms in total. The SMILES string of the molecule is CCOc1ccc([C@H]2Oc3ccccc3[C@H]3CC(c4ccc(Cl)cc4)=NN32)cc1. The first-order chi connectivity index (χ1) is 14.2. The van der Waals surface area contributed by atoms with Crippen molar-refractivity contribution in [1.29, 1.82) is 0 Å². The fourth-order valence-corrected chi connectivity index (χ4v) is 4.09. The molecular formula is C24H21ClN2O2. The molecule has 5 heteroatoms. The Kier molecular flexibility index (Phi) is 4.64. The van der Waals surface area contributed by atoms with Crippen molar-refractivity contribution in [3.8, 4) is 11.5 Å². The molecule has 146 valence electrons. The molecule has 2 aliphatic heterocycles. The molecule has 2 aliphatic rings. The van der Waals surface area contributed by atoms with Gasteiger partial charge in [-0.25, -0.2) is 5.01 Å². The van der Waals surface area contributed by atoms with E-state index >= 15 is 0 Å². The largest absolute Gasteiger partial charge is 0.494 e. The molecule has 0 aliphatic carbocycles. The van der Waals surface area contributed by atoms with E-state index in [1.807, 2.05) is 55.5 Å². The normalized spacial score (nSPS) is 19.8. The van der Waals surface area contributed by atoms with Crippen molar-refractivity contribution >= 4 is 17.3 Å². The van der Waals surface area contributed by atoms with Gasteiger partial charge in [-0.1, -0.05) is 41.9 Å². The molecule has 0 spiro atoms. The molecule has 0 N–H and O–H groups in total. The van der Waals surface area contributed by atoms with Gasteiger partial charge in [0.1, 0.15) is 11.5 Å². The smallest absolute Gasteiger partial charge is 0.213 e. The molecule has 0 unspecified atom stereocenters. The summed E-state index contributed by atoms with van der Waals surface area (Å²) in [5.74, 6) is 1.77. The zero-order valence-electron chi connectivity index (χ0n) is 16.1. The van der Waals surface area contributed by atoms with Crippen LogP contribution in [-0.4, -0.2) is 17.3 Å². The van der Waals surface area contributed by atoms with Gasteiger partial charge in [0.25, 0.3) is 0 Å². The second-order valence-electron chi connectivity index (χ2n) is 7.16. The van der Waals surface area contributed by atoms with Crippen LogP contribution < -0.4 is 9.47 Å². The summed E-state index contributed by atoms with van der Waals surface area (Å²) in [5.41, 5.74) is 4.35. The lowest BCUT2D eigenvalue weighted by Crippen LogP contribution is -2.33. The van der Waals surface area contributed by atoms with Gasteiger partial charge in [0.15, 0.2) is 0 Å². The third kappa shape index (κ3) is 3.34. The first-order valence-corrected chi connectivity index (χ1v) is 10.2. The summed E-state index contributed by atoms with van der Waals surface area (Å²) >= 11 is 6.07. The third-order valence-electron chi connectivity index (χ3n) is 5.35. The number of rotatable bonds is 4. The van der Waals surface area contributed by atoms with Gasteiger partial charge in [0.05, 0.1) is 18.4 Å². The van der Waals surface area contributed by atoms with E-state index in [0.29, 0.717) is 6.61 Å². The summed E-state index contributed by atoms with van der Waals surface area (Å²) < 4.78 is 12.0. The predicted octanol–water partition coefficient (Wildman–Crippen LogP) is 5.98. The summed E-state index contributed by atoms with van der Waals surface area (Å²) in [6.07, 6.45) is 0.547. The number of para-hydroxylation sites is 1. The van der Waals surface area contributed by atoms with Crippen LogP contribution in [0.1, 0.15) is 42.3 Å². The third-order valence-corrected chi connectivity index (χ3v) is 5.60. The minimum Gasteiger partial charge on any atom is -0.494 e. The molecule has 0 fully saturated rings. The van der Waals surface area contributed by atoms with Gasteiger partial charge in [-0.3, -0.25) is 0 Å². The van der Waals surface area contributed by atoms with E-state index in [1.54, 1.807) is 0 Å². The number of hydrogen-bond donors (Lipinski definition) is 0. The lowest BCUT2D eigenvalue weighted by Gasteiger charge is -2.38. The first-order valence-electron chi connectivity index (χ1n) is 9.83. The van der Waals surface area contributed by atoms with Crippen LogP contribution in [0.5, 0.6) is 11.5 Å². The first kappa shape index (κ1) is 18.1. The van der Waals surface area contributed by atoms with Gasteiger partial charge in [-0.2, -0.15) is 5.10 Å². The average Bonchev–Trinajstić information content (AvgIpc) is 3.20. The fourth-order valence-electron chi connectivity index (χ4n) is 3.97. The highest BCUT2D eigenvalue weighted by Crippen LogP contribution is 2.47. The van der Waals surface area contributed by atoms with Crippen LogP contribution in [0, 0.1) is 0 Å². The average molecular weight is 405 g/mol. The zero-order chi connectivity index (χ0) is 19.8. The van der Waals surface area contributed by atoms with E-state index in [9.17, 15) is 0 Å². The lowest BCUT2D eigenvalue weighted by atomic mass is 9.96. The maximum Gasteiger partial charge on any atom is 0.213 e. The molecule has 29 heavy (non-hydrogen) atoms. The van der Waals surface area contributed by atoms with E-state index in [1.165, 1.54) is 5.56 Å². The van der Waals surface area contributed by atoms with Crippen LogP contribution in [0.4, 0.5) is 0 Å². The van der Waals surface area contributed by atoms with Crippen LogP contribution in [0.15, 0.2) is 77.9 Å². The Morgan fingerprint density at radius 1 is 1.03 bits per heavy atom. The molecule has 0 saturated heterocycles. The number of ether oxygens (including phenoxy) is 2. The molecular weight excluding hydrogens is 384 g/mol. The number of benzene rings is 3. The van der Waals surface area contributed by atoms with Gasteiger partial charge >= 0.3 is 0 Å². The minimum atomic E-state index is -0.282. The second-order valence-corrected chi connectivity index (χ2v) is 7.60. The van der Waals surface area contributed by atoms with E-state index in [-0.39, 0.29) is 12.3 Å². The van der Waals surface area contributed by atoms with Crippen LogP contribution in [0.3, 0.4) is 0 Å². The van der Waals surface area contributed by atoms with Crippen molar-refractivity contribution in [3.63, 3.8) is 0 Å². The summed E-state index contributed by atoms with van der Waals surface area (Å²) in [5, 5.41) is 7.79. The molecule has 0 saturated carbocycles. The molecule has 2 heterocycles. The molecule has 0 aromatic heterocycles. The molecule has 3 aromatic carbocycles. The number of halogens is 1. The predicted molar refractivity (Wildman–Crippen MR) is 115 cm³/mol. The Morgan fingerprint density at radius 3 is 2.55 bits per heavy atom. The monoisotopic (exact) mass is 404 g/mol. The number of hydrogen-bond acceptors (Lipinski definition) is 4. The summed E-state index contributed by atoms with van der Waals surface area (Å²) in [7, 11) is 0. The highest BCUT2D eigenvalue weighted by Gasteiger charge is 2.40. The molecule has 2 atom stereocenters. The Labute approximate surface area is 175 Å². The van der Waals surface area contributed by atoms with Crippen molar-refractivity contribution in [2.24, 2.45) is 5.10 Å². The summed E-state index contributed by atoms with van der Waals surface area (Å²) in [6.45, 7) is 2.63. The Hall–Kier alpha value is -2.98. The van der Waals surface area contributed by atoms with Gasteiger partial charge in [-0.15, -0.1) is 0 Å². The van der Waals surface area contributed by atoms with E-state index < -0.39 is 0 Å². The molecule has 0 amide bonds. The molecule has 0 bridgehead atoms. The zero-order valence-corrected chi connectivity index (χ0v) is 16.8. The van der Waals surface area contributed by atoms with E-state index in [4.69, 9.17) is 26.2 Å². The van der Waals surface area contributed by atoms with Crippen molar-refractivity contribution in [2.75, 3.05) is 6.61 Å². The highest BCUT2D eigenvalue weighted by molar-refractivity contribution is 6.30. The van der Waals surface area contributed by atoms with Gasteiger partial charge < -0.3 is 9.47 Å². The van der Waals surface area contributed by atoms with Crippen LogP contribution in [0.2, 0.25) is 5.02 Å². The van der Waals surface area contributed by atoms with Crippen LogP contribution in [0.25, 0.3) is 0 Å². The Balaban J connectivity index is 1.53. The van der Waals surface area contributed by atoms with Crippen LogP contribution in [-0.2, 0) is 0 Å². The Morgan fingerprint density at radius 2 is 1.79 bits per heavy atom. The van der Waals surface area contributed by atoms with Gasteiger partial charge in [0, 0.05) is 22.6 Å². The number of fused-ring (bicyclic) bond motifs is 3. The van der Waals surface area contributed by atoms with Crippen molar-refractivity contribution < 1.29 is 9.47 Å². The van der Waals surface area contributed by atoms with Crippen molar-refractivity contribution in [3.05, 3.63) is 94.5 Å². The lowest BCUT2D eigenvalue weighted by molar-refractivity contribution is -0.0190. The minimum absolute atomic E-state index is 0.141. The second kappa shape index (κ2) is 7.45. The maximum atomic E-state index is 6.39. The maximum absolute atomic E-state index is 6.39. The molecule has 5 rings (SSSR count). The van der Waals surface area contributed by atoms with Gasteiger partial charge in [0.2, 0.25) is 6.23 Å². The fraction of sp³-hybridized carbons (Fsp3) is 0.208. The molecule has 3 aromatic rings.